The molecule has 0 bridgehead atoms. The standard InChI is InChI=1S/C25H17F3N4O3S/c26-25(27,28)32(36(33,34)22-4-2-1-3-5-22)24-23(30-14-15-31-24)20-10-6-19(7-11-20)17-35-21-12-8-18(16-29)9-13-21/h1-15H,17H2. The normalized spacial score (nSPS) is 11.5. The van der Waals surface area contributed by atoms with Crippen molar-refractivity contribution in [2.75, 3.05) is 4.31 Å². The van der Waals surface area contributed by atoms with Gasteiger partial charge < -0.3 is 4.74 Å². The van der Waals surface area contributed by atoms with Crippen LogP contribution in [0.3, 0.4) is 0 Å². The number of ether oxygens (including phenoxy) is 1. The van der Waals surface area contributed by atoms with Gasteiger partial charge in [0.25, 0.3) is 10.0 Å². The first-order chi connectivity index (χ1) is 17.2. The molecule has 0 saturated carbocycles. The van der Waals surface area contributed by atoms with Gasteiger partial charge in [-0.25, -0.2) is 13.4 Å². The molecule has 0 aliphatic heterocycles. The Morgan fingerprint density at radius 3 is 2.14 bits per heavy atom. The lowest BCUT2D eigenvalue weighted by molar-refractivity contribution is -0.116. The van der Waals surface area contributed by atoms with E-state index in [1.54, 1.807) is 36.4 Å². The van der Waals surface area contributed by atoms with Crippen LogP contribution >= 0.6 is 0 Å². The molecule has 4 aromatic rings. The summed E-state index contributed by atoms with van der Waals surface area (Å²) in [5.74, 6) is -0.323. The molecule has 36 heavy (non-hydrogen) atoms. The zero-order valence-electron chi connectivity index (χ0n) is 18.4. The number of sulfonamides is 1. The lowest BCUT2D eigenvalue weighted by atomic mass is 10.1. The molecule has 0 radical (unpaired) electrons. The Labute approximate surface area is 205 Å². The zero-order valence-corrected chi connectivity index (χ0v) is 19.2. The lowest BCUT2D eigenvalue weighted by Crippen LogP contribution is -2.43. The number of nitriles is 1. The SMILES string of the molecule is N#Cc1ccc(OCc2ccc(-c3nccnc3N(C(F)(F)F)S(=O)(=O)c3ccccc3)cc2)cc1. The number of benzene rings is 3. The Hall–Kier alpha value is -4.43. The molecular weight excluding hydrogens is 493 g/mol. The fraction of sp³-hybridized carbons (Fsp3) is 0.0800. The van der Waals surface area contributed by atoms with Crippen molar-refractivity contribution >= 4 is 15.8 Å². The molecule has 0 aliphatic carbocycles. The molecule has 0 N–H and O–H groups in total. The molecule has 1 aromatic heterocycles. The molecule has 0 spiro atoms. The van der Waals surface area contributed by atoms with E-state index in [1.807, 2.05) is 6.07 Å². The fourth-order valence-corrected chi connectivity index (χ4v) is 4.65. The summed E-state index contributed by atoms with van der Waals surface area (Å²) in [5.41, 5.74) is 1.18. The Bertz CT molecular complexity index is 1490. The number of rotatable bonds is 7. The molecule has 4 rings (SSSR count). The summed E-state index contributed by atoms with van der Waals surface area (Å²) in [4.78, 5) is 7.21. The molecule has 0 saturated heterocycles. The average Bonchev–Trinajstić information content (AvgIpc) is 2.88. The molecule has 0 amide bonds. The Kier molecular flexibility index (Phi) is 6.89. The third-order valence-corrected chi connectivity index (χ3v) is 6.73. The Morgan fingerprint density at radius 1 is 0.889 bits per heavy atom. The maximum atomic E-state index is 14.1. The van der Waals surface area contributed by atoms with Gasteiger partial charge in [-0.3, -0.25) is 4.98 Å². The van der Waals surface area contributed by atoms with E-state index in [0.717, 1.165) is 18.3 Å². The molecule has 0 aliphatic rings. The molecule has 182 valence electrons. The second-order valence-corrected chi connectivity index (χ2v) is 9.19. The first-order valence-corrected chi connectivity index (χ1v) is 11.8. The smallest absolute Gasteiger partial charge is 0.489 e. The van der Waals surface area contributed by atoms with Gasteiger partial charge in [-0.05, 0) is 42.0 Å². The van der Waals surface area contributed by atoms with Crippen LogP contribution in [0.25, 0.3) is 11.3 Å². The first-order valence-electron chi connectivity index (χ1n) is 10.4. The van der Waals surface area contributed by atoms with Crippen molar-refractivity contribution in [2.24, 2.45) is 0 Å². The molecule has 1 heterocycles. The number of halogens is 3. The minimum atomic E-state index is -5.30. The summed E-state index contributed by atoms with van der Waals surface area (Å²) in [5, 5.41) is 8.86. The zero-order chi connectivity index (χ0) is 25.8. The van der Waals surface area contributed by atoms with Gasteiger partial charge in [-0.2, -0.15) is 9.57 Å². The number of hydrogen-bond acceptors (Lipinski definition) is 6. The number of hydrogen-bond donors (Lipinski definition) is 0. The summed E-state index contributed by atoms with van der Waals surface area (Å²) in [7, 11) is -5.03. The van der Waals surface area contributed by atoms with E-state index in [9.17, 15) is 21.6 Å². The maximum Gasteiger partial charge on any atom is 0.500 e. The first kappa shape index (κ1) is 24.7. The third-order valence-electron chi connectivity index (χ3n) is 5.00. The lowest BCUT2D eigenvalue weighted by Gasteiger charge is -2.26. The van der Waals surface area contributed by atoms with Crippen LogP contribution in [0.1, 0.15) is 11.1 Å². The van der Waals surface area contributed by atoms with E-state index in [4.69, 9.17) is 10.00 Å². The van der Waals surface area contributed by atoms with Crippen molar-refractivity contribution in [3.05, 3.63) is 102 Å². The number of nitrogens with zero attached hydrogens (tertiary/aromatic N) is 4. The van der Waals surface area contributed by atoms with Crippen molar-refractivity contribution in [2.45, 2.75) is 17.8 Å². The van der Waals surface area contributed by atoms with Gasteiger partial charge in [-0.1, -0.05) is 42.5 Å². The second-order valence-electron chi connectivity index (χ2n) is 7.40. The van der Waals surface area contributed by atoms with Gasteiger partial charge in [0.1, 0.15) is 18.1 Å². The van der Waals surface area contributed by atoms with Crippen LogP contribution in [-0.2, 0) is 16.6 Å². The van der Waals surface area contributed by atoms with E-state index in [-0.39, 0.29) is 17.9 Å². The van der Waals surface area contributed by atoms with Crippen molar-refractivity contribution in [1.29, 1.82) is 5.26 Å². The fourth-order valence-electron chi connectivity index (χ4n) is 3.30. The topological polar surface area (TPSA) is 96.2 Å². The van der Waals surface area contributed by atoms with Crippen LogP contribution in [0.15, 0.2) is 96.2 Å². The predicted molar refractivity (Wildman–Crippen MR) is 125 cm³/mol. The van der Waals surface area contributed by atoms with Crippen LogP contribution in [0, 0.1) is 11.3 Å². The van der Waals surface area contributed by atoms with Crippen molar-refractivity contribution in [3.63, 3.8) is 0 Å². The highest BCUT2D eigenvalue weighted by Gasteiger charge is 2.48. The van der Waals surface area contributed by atoms with E-state index < -0.39 is 31.3 Å². The Morgan fingerprint density at radius 2 is 1.53 bits per heavy atom. The van der Waals surface area contributed by atoms with Gasteiger partial charge in [0.2, 0.25) is 0 Å². The Balaban J connectivity index is 1.64. The highest BCUT2D eigenvalue weighted by Crippen LogP contribution is 2.38. The highest BCUT2D eigenvalue weighted by molar-refractivity contribution is 7.92. The van der Waals surface area contributed by atoms with Crippen LogP contribution < -0.4 is 9.04 Å². The van der Waals surface area contributed by atoms with Crippen LogP contribution in [0.5, 0.6) is 5.75 Å². The molecule has 11 heteroatoms. The van der Waals surface area contributed by atoms with Gasteiger partial charge in [-0.15, -0.1) is 13.2 Å². The second kappa shape index (κ2) is 10.1. The predicted octanol–water partition coefficient (Wildman–Crippen LogP) is 5.31. The van der Waals surface area contributed by atoms with Crippen LogP contribution in [-0.4, -0.2) is 24.7 Å². The number of aromatic nitrogens is 2. The maximum absolute atomic E-state index is 14.1. The minimum Gasteiger partial charge on any atom is -0.489 e. The van der Waals surface area contributed by atoms with E-state index in [2.05, 4.69) is 9.97 Å². The van der Waals surface area contributed by atoms with E-state index in [0.29, 0.717) is 16.9 Å². The molecule has 7 nitrogen and oxygen atoms in total. The molecule has 3 aromatic carbocycles. The largest absolute Gasteiger partial charge is 0.500 e. The van der Waals surface area contributed by atoms with Gasteiger partial charge in [0, 0.05) is 18.0 Å². The van der Waals surface area contributed by atoms with Crippen LogP contribution in [0.4, 0.5) is 19.0 Å². The van der Waals surface area contributed by atoms with E-state index >= 15 is 0 Å². The van der Waals surface area contributed by atoms with Gasteiger partial charge in [0.15, 0.2) is 5.82 Å². The molecule has 0 atom stereocenters. The monoisotopic (exact) mass is 510 g/mol. The van der Waals surface area contributed by atoms with E-state index in [1.165, 1.54) is 36.5 Å². The van der Waals surface area contributed by atoms with Gasteiger partial charge in [0.05, 0.1) is 16.5 Å². The summed E-state index contributed by atoms with van der Waals surface area (Å²) in [6, 6.07) is 21.1. The third kappa shape index (κ3) is 5.29. The molecule has 0 fully saturated rings. The van der Waals surface area contributed by atoms with Crippen molar-refractivity contribution in [1.82, 2.24) is 9.97 Å². The summed E-state index contributed by atoms with van der Waals surface area (Å²) >= 11 is 0. The van der Waals surface area contributed by atoms with Crippen LogP contribution in [0.2, 0.25) is 0 Å². The summed E-state index contributed by atoms with van der Waals surface area (Å²) < 4.78 is 73.3. The molecular formula is C25H17F3N4O3S. The quantitative estimate of drug-likeness (QED) is 0.313. The number of anilines is 1. The minimum absolute atomic E-state index is 0.163. The molecule has 0 unspecified atom stereocenters. The van der Waals surface area contributed by atoms with Crippen molar-refractivity contribution in [3.8, 4) is 23.1 Å². The highest BCUT2D eigenvalue weighted by atomic mass is 32.2. The summed E-state index contributed by atoms with van der Waals surface area (Å²) in [6.45, 7) is 0.163. The average molecular weight is 510 g/mol. The number of alkyl halides is 3. The van der Waals surface area contributed by atoms with Crippen molar-refractivity contribution < 1.29 is 26.3 Å². The summed E-state index contributed by atoms with van der Waals surface area (Å²) in [6.07, 6.45) is -3.11. The van der Waals surface area contributed by atoms with Gasteiger partial charge >= 0.3 is 6.30 Å².